The van der Waals surface area contributed by atoms with E-state index in [1.165, 1.54) is 10.4 Å². The fraction of sp³-hybridized carbons (Fsp3) is 0.120. The maximum atomic E-state index is 4.05. The molecule has 0 aliphatic rings. The molecule has 0 heterocycles. The molecule has 0 N–H and O–H groups in total. The SMILES string of the molecule is C=C[Si-](C)c1ccccc1.C=C[Si](C)(c1ccccc1)[O+](C)c1ccccc1. The van der Waals surface area contributed by atoms with E-state index >= 15 is 0 Å². The van der Waals surface area contributed by atoms with Crippen LogP contribution in [0.15, 0.2) is 116 Å². The van der Waals surface area contributed by atoms with Gasteiger partial charge in [0.25, 0.3) is 0 Å². The molecule has 3 heteroatoms. The van der Waals surface area contributed by atoms with Crippen LogP contribution in [0.4, 0.5) is 0 Å². The molecule has 0 fully saturated rings. The van der Waals surface area contributed by atoms with Crippen LogP contribution in [-0.4, -0.2) is 24.2 Å². The molecule has 0 amide bonds. The van der Waals surface area contributed by atoms with Crippen molar-refractivity contribution in [3.63, 3.8) is 0 Å². The second kappa shape index (κ2) is 10.6. The van der Waals surface area contributed by atoms with Gasteiger partial charge < -0.3 is 4.06 Å². The molecule has 3 rings (SSSR count). The Morgan fingerprint density at radius 3 is 1.71 bits per heavy atom. The lowest BCUT2D eigenvalue weighted by Crippen LogP contribution is -2.50. The van der Waals surface area contributed by atoms with E-state index in [1.807, 2.05) is 12.1 Å². The Morgan fingerprint density at radius 1 is 0.786 bits per heavy atom. The summed E-state index contributed by atoms with van der Waals surface area (Å²) in [6, 6.07) is 31.5. The van der Waals surface area contributed by atoms with Crippen molar-refractivity contribution in [3.05, 3.63) is 116 Å². The van der Waals surface area contributed by atoms with Crippen molar-refractivity contribution in [2.24, 2.45) is 0 Å². The zero-order valence-electron chi connectivity index (χ0n) is 17.1. The zero-order chi connectivity index (χ0) is 20.4. The molecule has 1 unspecified atom stereocenters. The van der Waals surface area contributed by atoms with Gasteiger partial charge in [-0.05, 0) is 5.70 Å². The van der Waals surface area contributed by atoms with Crippen LogP contribution in [-0.2, 0) is 4.06 Å². The molecule has 3 aromatic rings. The normalized spacial score (nSPS) is 12.0. The molecule has 0 spiro atoms. The van der Waals surface area contributed by atoms with E-state index in [9.17, 15) is 0 Å². The van der Waals surface area contributed by atoms with Crippen LogP contribution >= 0.6 is 0 Å². The van der Waals surface area contributed by atoms with Gasteiger partial charge in [0.05, 0.1) is 0 Å². The van der Waals surface area contributed by atoms with Crippen LogP contribution in [0.25, 0.3) is 0 Å². The number of rotatable bonds is 6. The van der Waals surface area contributed by atoms with Gasteiger partial charge in [-0.25, -0.2) is 5.70 Å². The lowest BCUT2D eigenvalue weighted by molar-refractivity contribution is 0.171. The minimum absolute atomic E-state index is 0.443. The molecule has 0 aliphatic carbocycles. The van der Waals surface area contributed by atoms with Gasteiger partial charge in [-0.15, -0.1) is 6.58 Å². The maximum absolute atomic E-state index is 4.05. The summed E-state index contributed by atoms with van der Waals surface area (Å²) in [6.07, 6.45) is 0. The highest BCUT2D eigenvalue weighted by Crippen LogP contribution is 2.29. The smallest absolute Gasteiger partial charge is 0.488 e. The van der Waals surface area contributed by atoms with E-state index in [2.05, 4.69) is 128 Å². The fourth-order valence-electron chi connectivity index (χ4n) is 2.88. The molecular weight excluding hydrogens is 372 g/mol. The van der Waals surface area contributed by atoms with E-state index in [4.69, 9.17) is 0 Å². The molecule has 0 saturated carbocycles. The first-order valence-corrected chi connectivity index (χ1v) is 14.0. The summed E-state index contributed by atoms with van der Waals surface area (Å²) in [6.45, 7) is 12.4. The fourth-order valence-corrected chi connectivity index (χ4v) is 6.15. The van der Waals surface area contributed by atoms with Crippen LogP contribution in [0, 0.1) is 0 Å². The van der Waals surface area contributed by atoms with Crippen LogP contribution in [0.5, 0.6) is 5.75 Å². The number of hydrogen-bond donors (Lipinski definition) is 0. The van der Waals surface area contributed by atoms with E-state index in [-0.39, 0.29) is 0 Å². The Morgan fingerprint density at radius 2 is 1.25 bits per heavy atom. The van der Waals surface area contributed by atoms with E-state index in [0.29, 0.717) is 0 Å². The number of para-hydroxylation sites is 1. The molecule has 0 aliphatic heterocycles. The predicted molar refractivity (Wildman–Crippen MR) is 129 cm³/mol. The van der Waals surface area contributed by atoms with Crippen LogP contribution in [0.3, 0.4) is 0 Å². The Hall–Kier alpha value is -2.63. The Labute approximate surface area is 173 Å². The summed E-state index contributed by atoms with van der Waals surface area (Å²) in [5.74, 6) is 1.16. The number of hydrogen-bond acceptors (Lipinski definition) is 0. The highest BCUT2D eigenvalue weighted by atomic mass is 28.4. The van der Waals surface area contributed by atoms with Gasteiger partial charge in [0.15, 0.2) is 0 Å². The quantitative estimate of drug-likeness (QED) is 0.376. The molecule has 0 radical (unpaired) electrons. The van der Waals surface area contributed by atoms with Crippen molar-refractivity contribution in [3.8, 4) is 5.75 Å². The van der Waals surface area contributed by atoms with Gasteiger partial charge in [-0.1, -0.05) is 85.4 Å². The first-order chi connectivity index (χ1) is 13.5. The van der Waals surface area contributed by atoms with Crippen LogP contribution in [0.2, 0.25) is 13.1 Å². The third-order valence-electron chi connectivity index (χ3n) is 5.00. The second-order valence-corrected chi connectivity index (χ2v) is 12.9. The molecular formula is C25H30OSi2. The van der Waals surface area contributed by atoms with Crippen LogP contribution < -0.4 is 10.4 Å². The highest BCUT2D eigenvalue weighted by Gasteiger charge is 2.43. The lowest BCUT2D eigenvalue weighted by atomic mass is 10.3. The molecule has 0 saturated heterocycles. The maximum Gasteiger partial charge on any atom is 0.488 e. The van der Waals surface area contributed by atoms with Gasteiger partial charge in [-0.3, -0.25) is 8.80 Å². The highest BCUT2D eigenvalue weighted by molar-refractivity contribution is 6.90. The summed E-state index contributed by atoms with van der Waals surface area (Å²) < 4.78 is 3.31. The van der Waals surface area contributed by atoms with Crippen molar-refractivity contribution >= 4 is 27.5 Å². The van der Waals surface area contributed by atoms with Crippen molar-refractivity contribution < 1.29 is 4.06 Å². The molecule has 1 nitrogen and oxygen atoms in total. The topological polar surface area (TPSA) is 2.70 Å². The third-order valence-corrected chi connectivity index (χ3v) is 10.6. The summed E-state index contributed by atoms with van der Waals surface area (Å²) in [5.41, 5.74) is 4.15. The first kappa shape index (κ1) is 21.7. The van der Waals surface area contributed by atoms with Crippen LogP contribution in [0.1, 0.15) is 0 Å². The molecule has 28 heavy (non-hydrogen) atoms. The van der Waals surface area contributed by atoms with Crippen molar-refractivity contribution in [1.82, 2.24) is 0 Å². The minimum Gasteiger partial charge on any atom is -0.674 e. The summed E-state index contributed by atoms with van der Waals surface area (Å²) in [5, 5.41) is 2.78. The molecule has 3 aromatic carbocycles. The molecule has 0 bridgehead atoms. The summed E-state index contributed by atoms with van der Waals surface area (Å²) >= 11 is 0. The Bertz CT molecular complexity index is 849. The van der Waals surface area contributed by atoms with Crippen molar-refractivity contribution in [2.75, 3.05) is 7.11 Å². The Balaban J connectivity index is 0.000000237. The lowest BCUT2D eigenvalue weighted by Gasteiger charge is -2.34. The third kappa shape index (κ3) is 5.44. The van der Waals surface area contributed by atoms with E-state index in [0.717, 1.165) is 5.75 Å². The predicted octanol–water partition coefficient (Wildman–Crippen LogP) is 5.53. The molecule has 1 atom stereocenters. The second-order valence-electron chi connectivity index (χ2n) is 6.75. The van der Waals surface area contributed by atoms with Crippen molar-refractivity contribution in [2.45, 2.75) is 13.1 Å². The largest absolute Gasteiger partial charge is 0.674 e. The van der Waals surface area contributed by atoms with Gasteiger partial charge in [0, 0.05) is 23.9 Å². The van der Waals surface area contributed by atoms with Crippen molar-refractivity contribution in [1.29, 1.82) is 0 Å². The van der Waals surface area contributed by atoms with Gasteiger partial charge in [-0.2, -0.15) is 11.7 Å². The molecule has 144 valence electrons. The van der Waals surface area contributed by atoms with Gasteiger partial charge in [0.2, 0.25) is 5.75 Å². The first-order valence-electron chi connectivity index (χ1n) is 9.44. The summed E-state index contributed by atoms with van der Waals surface area (Å²) in [7, 11) is -0.293. The standard InChI is InChI=1S/C16H19OSi.C9H11Si/c1-4-18(3,16-13-9-6-10-14-16)17(2)15-11-7-5-8-12-15;1-3-10(2)9-7-5-4-6-8-9/h4-14H,1H2,2-3H3;3-8H,1H2,2H3/q+1;-1. The Kier molecular flexibility index (Phi) is 8.24. The van der Waals surface area contributed by atoms with E-state index in [1.54, 1.807) is 0 Å². The average molecular weight is 403 g/mol. The zero-order valence-corrected chi connectivity index (χ0v) is 19.1. The monoisotopic (exact) mass is 402 g/mol. The summed E-state index contributed by atoms with van der Waals surface area (Å²) in [4.78, 5) is 0. The van der Waals surface area contributed by atoms with Gasteiger partial charge >= 0.3 is 8.32 Å². The number of benzene rings is 3. The van der Waals surface area contributed by atoms with E-state index < -0.39 is 17.1 Å². The minimum atomic E-state index is -1.93. The van der Waals surface area contributed by atoms with Gasteiger partial charge in [0.1, 0.15) is 7.11 Å². The average Bonchev–Trinajstić information content (AvgIpc) is 2.79. The molecule has 0 aromatic heterocycles.